The van der Waals surface area contributed by atoms with Crippen molar-refractivity contribution in [3.8, 4) is 11.6 Å². The molecule has 0 aliphatic rings. The van der Waals surface area contributed by atoms with Crippen molar-refractivity contribution in [1.29, 1.82) is 0 Å². The minimum absolute atomic E-state index is 0.524. The largest absolute Gasteiger partial charge is 0.478 e. The molecule has 4 nitrogen and oxygen atoms in total. The number of benzene rings is 1. The first kappa shape index (κ1) is 14.8. The lowest BCUT2D eigenvalue weighted by atomic mass is 10.1. The Morgan fingerprint density at radius 1 is 1.24 bits per heavy atom. The van der Waals surface area contributed by atoms with Crippen LogP contribution >= 0.6 is 0 Å². The number of ether oxygens (including phenoxy) is 1. The van der Waals surface area contributed by atoms with Gasteiger partial charge in [0.25, 0.3) is 0 Å². The first-order chi connectivity index (χ1) is 9.97. The Morgan fingerprint density at radius 2 is 2.00 bits per heavy atom. The lowest BCUT2D eigenvalue weighted by Gasteiger charge is -2.11. The van der Waals surface area contributed by atoms with Crippen LogP contribution in [-0.2, 0) is 4.79 Å². The Morgan fingerprint density at radius 3 is 2.67 bits per heavy atom. The van der Waals surface area contributed by atoms with Crippen LogP contribution in [0.2, 0.25) is 0 Å². The molecule has 0 amide bonds. The van der Waals surface area contributed by atoms with Crippen LogP contribution in [0.15, 0.2) is 36.5 Å². The van der Waals surface area contributed by atoms with Crippen LogP contribution in [0.5, 0.6) is 11.6 Å². The SMILES string of the molecule is Cc1cc(/C=C/C(=O)O)cnc1Oc1cccc(C)c1C. The Hall–Kier alpha value is -2.62. The van der Waals surface area contributed by atoms with Gasteiger partial charge < -0.3 is 9.84 Å². The minimum atomic E-state index is -0.983. The highest BCUT2D eigenvalue weighted by Crippen LogP contribution is 2.27. The number of aliphatic carboxylic acids is 1. The van der Waals surface area contributed by atoms with E-state index >= 15 is 0 Å². The van der Waals surface area contributed by atoms with Gasteiger partial charge in [-0.25, -0.2) is 9.78 Å². The van der Waals surface area contributed by atoms with E-state index in [1.165, 1.54) is 6.08 Å². The molecule has 21 heavy (non-hydrogen) atoms. The molecule has 2 aromatic rings. The molecule has 1 aromatic carbocycles. The van der Waals surface area contributed by atoms with E-state index in [0.29, 0.717) is 5.88 Å². The number of carboxylic acid groups (broad SMARTS) is 1. The highest BCUT2D eigenvalue weighted by molar-refractivity contribution is 5.85. The Kier molecular flexibility index (Phi) is 4.38. The molecule has 2 rings (SSSR count). The van der Waals surface area contributed by atoms with Gasteiger partial charge in [-0.1, -0.05) is 12.1 Å². The molecule has 1 aromatic heterocycles. The van der Waals surface area contributed by atoms with Gasteiger partial charge in [0.1, 0.15) is 5.75 Å². The Balaban J connectivity index is 2.25. The number of carbonyl (C=O) groups is 1. The minimum Gasteiger partial charge on any atom is -0.478 e. The normalized spacial score (nSPS) is 10.8. The van der Waals surface area contributed by atoms with E-state index in [0.717, 1.165) is 34.1 Å². The van der Waals surface area contributed by atoms with Gasteiger partial charge in [0.05, 0.1) is 0 Å². The van der Waals surface area contributed by atoms with E-state index < -0.39 is 5.97 Å². The molecule has 0 spiro atoms. The number of carboxylic acids is 1. The lowest BCUT2D eigenvalue weighted by molar-refractivity contribution is -0.131. The van der Waals surface area contributed by atoms with Gasteiger partial charge in [-0.3, -0.25) is 0 Å². The number of nitrogens with zero attached hydrogens (tertiary/aromatic N) is 1. The molecule has 4 heteroatoms. The summed E-state index contributed by atoms with van der Waals surface area (Å²) < 4.78 is 5.85. The van der Waals surface area contributed by atoms with Gasteiger partial charge >= 0.3 is 5.97 Å². The van der Waals surface area contributed by atoms with E-state index in [9.17, 15) is 4.79 Å². The Bertz CT molecular complexity index is 705. The standard InChI is InChI=1S/C17H17NO3/c1-11-5-4-6-15(13(11)3)21-17-12(2)9-14(10-18-17)7-8-16(19)20/h4-10H,1-3H3,(H,19,20)/b8-7+. The van der Waals surface area contributed by atoms with Gasteiger partial charge in [0.2, 0.25) is 5.88 Å². The zero-order chi connectivity index (χ0) is 15.4. The van der Waals surface area contributed by atoms with E-state index in [-0.39, 0.29) is 0 Å². The third kappa shape index (κ3) is 3.69. The second-order valence-corrected chi connectivity index (χ2v) is 4.86. The molecule has 0 radical (unpaired) electrons. The summed E-state index contributed by atoms with van der Waals surface area (Å²) in [6, 6.07) is 7.72. The molecule has 0 aliphatic heterocycles. The van der Waals surface area contributed by atoms with Gasteiger partial charge in [-0.05, 0) is 55.7 Å². The third-order valence-corrected chi connectivity index (χ3v) is 3.23. The molecule has 0 bridgehead atoms. The fourth-order valence-corrected chi connectivity index (χ4v) is 1.89. The zero-order valence-corrected chi connectivity index (χ0v) is 12.3. The third-order valence-electron chi connectivity index (χ3n) is 3.23. The fourth-order valence-electron chi connectivity index (χ4n) is 1.89. The molecule has 0 aliphatic carbocycles. The van der Waals surface area contributed by atoms with Gasteiger partial charge in [-0.2, -0.15) is 0 Å². The number of rotatable bonds is 4. The molecule has 0 fully saturated rings. The monoisotopic (exact) mass is 283 g/mol. The maximum atomic E-state index is 10.5. The first-order valence-electron chi connectivity index (χ1n) is 6.59. The Labute approximate surface area is 123 Å². The molecule has 0 saturated carbocycles. The molecule has 0 saturated heterocycles. The molecule has 1 N–H and O–H groups in total. The number of aryl methyl sites for hydroxylation is 2. The van der Waals surface area contributed by atoms with E-state index in [2.05, 4.69) is 4.98 Å². The van der Waals surface area contributed by atoms with Gasteiger partial charge in [-0.15, -0.1) is 0 Å². The van der Waals surface area contributed by atoms with Gasteiger partial charge in [0, 0.05) is 17.8 Å². The molecule has 108 valence electrons. The van der Waals surface area contributed by atoms with Crippen molar-refractivity contribution in [2.45, 2.75) is 20.8 Å². The number of hydrogen-bond donors (Lipinski definition) is 1. The predicted octanol–water partition coefficient (Wildman–Crippen LogP) is 3.90. The summed E-state index contributed by atoms with van der Waals surface area (Å²) in [5.74, 6) is 0.318. The fraction of sp³-hybridized carbons (Fsp3) is 0.176. The summed E-state index contributed by atoms with van der Waals surface area (Å²) in [5, 5.41) is 8.62. The molecular weight excluding hydrogens is 266 g/mol. The molecule has 0 atom stereocenters. The summed E-state index contributed by atoms with van der Waals surface area (Å²) in [7, 11) is 0. The summed E-state index contributed by atoms with van der Waals surface area (Å²) in [6.07, 6.45) is 4.18. The van der Waals surface area contributed by atoms with Crippen molar-refractivity contribution < 1.29 is 14.6 Å². The van der Waals surface area contributed by atoms with Crippen molar-refractivity contribution in [3.63, 3.8) is 0 Å². The van der Waals surface area contributed by atoms with Crippen LogP contribution in [0.25, 0.3) is 6.08 Å². The maximum absolute atomic E-state index is 10.5. The molecule has 1 heterocycles. The molecular formula is C17H17NO3. The predicted molar refractivity (Wildman–Crippen MR) is 81.6 cm³/mol. The topological polar surface area (TPSA) is 59.4 Å². The van der Waals surface area contributed by atoms with E-state index in [4.69, 9.17) is 9.84 Å². The highest BCUT2D eigenvalue weighted by atomic mass is 16.5. The molecule has 0 unspecified atom stereocenters. The zero-order valence-electron chi connectivity index (χ0n) is 12.3. The van der Waals surface area contributed by atoms with Gasteiger partial charge in [0.15, 0.2) is 0 Å². The second kappa shape index (κ2) is 6.22. The van der Waals surface area contributed by atoms with Crippen molar-refractivity contribution in [2.75, 3.05) is 0 Å². The van der Waals surface area contributed by atoms with Crippen LogP contribution in [0.1, 0.15) is 22.3 Å². The first-order valence-corrected chi connectivity index (χ1v) is 6.59. The van der Waals surface area contributed by atoms with Crippen molar-refractivity contribution in [1.82, 2.24) is 4.98 Å². The highest BCUT2D eigenvalue weighted by Gasteiger charge is 2.07. The summed E-state index contributed by atoms with van der Waals surface area (Å²) >= 11 is 0. The summed E-state index contributed by atoms with van der Waals surface area (Å²) in [6.45, 7) is 5.91. The number of hydrogen-bond acceptors (Lipinski definition) is 3. The van der Waals surface area contributed by atoms with Crippen LogP contribution in [0.4, 0.5) is 0 Å². The van der Waals surface area contributed by atoms with Crippen molar-refractivity contribution in [3.05, 3.63) is 58.8 Å². The summed E-state index contributed by atoms with van der Waals surface area (Å²) in [5.41, 5.74) is 3.81. The van der Waals surface area contributed by atoms with E-state index in [1.807, 2.05) is 45.0 Å². The van der Waals surface area contributed by atoms with Crippen LogP contribution in [-0.4, -0.2) is 16.1 Å². The average molecular weight is 283 g/mol. The number of aromatic nitrogens is 1. The lowest BCUT2D eigenvalue weighted by Crippen LogP contribution is -1.95. The van der Waals surface area contributed by atoms with Crippen LogP contribution in [0.3, 0.4) is 0 Å². The quantitative estimate of drug-likeness (QED) is 0.865. The average Bonchev–Trinajstić information content (AvgIpc) is 2.44. The van der Waals surface area contributed by atoms with Crippen molar-refractivity contribution >= 4 is 12.0 Å². The van der Waals surface area contributed by atoms with E-state index in [1.54, 1.807) is 6.20 Å². The summed E-state index contributed by atoms with van der Waals surface area (Å²) in [4.78, 5) is 14.8. The van der Waals surface area contributed by atoms with Crippen LogP contribution in [0, 0.1) is 20.8 Å². The maximum Gasteiger partial charge on any atom is 0.328 e. The van der Waals surface area contributed by atoms with Crippen molar-refractivity contribution in [2.24, 2.45) is 0 Å². The number of pyridine rings is 1. The smallest absolute Gasteiger partial charge is 0.328 e. The second-order valence-electron chi connectivity index (χ2n) is 4.86. The van der Waals surface area contributed by atoms with Crippen LogP contribution < -0.4 is 4.74 Å².